The Labute approximate surface area is 178 Å². The van der Waals surface area contributed by atoms with Crippen LogP contribution in [-0.4, -0.2) is 59.1 Å². The lowest BCUT2D eigenvalue weighted by atomic mass is 10.1. The van der Waals surface area contributed by atoms with Gasteiger partial charge >= 0.3 is 0 Å². The molecule has 2 saturated heterocycles. The number of thioether (sulfide) groups is 1. The summed E-state index contributed by atoms with van der Waals surface area (Å²) in [5, 5.41) is 7.52. The monoisotopic (exact) mass is 419 g/mol. The molecule has 5 rings (SSSR count). The van der Waals surface area contributed by atoms with Crippen LogP contribution >= 0.6 is 11.8 Å². The summed E-state index contributed by atoms with van der Waals surface area (Å²) in [7, 11) is 2.16. The number of piperazine rings is 1. The first-order valence-corrected chi connectivity index (χ1v) is 10.6. The van der Waals surface area contributed by atoms with Gasteiger partial charge in [-0.2, -0.15) is 5.10 Å². The van der Waals surface area contributed by atoms with E-state index in [-0.39, 0.29) is 11.1 Å². The molecule has 152 valence electrons. The summed E-state index contributed by atoms with van der Waals surface area (Å²) in [4.78, 5) is 28.4. The van der Waals surface area contributed by atoms with Crippen LogP contribution in [0.5, 0.6) is 0 Å². The van der Waals surface area contributed by atoms with E-state index in [9.17, 15) is 9.59 Å². The number of carbonyl (C=O) groups is 2. The highest BCUT2D eigenvalue weighted by Crippen LogP contribution is 2.28. The topological polar surface area (TPSA) is 70.5 Å². The van der Waals surface area contributed by atoms with E-state index >= 15 is 0 Å². The molecular formula is C22H21N5O2S. The third kappa shape index (κ3) is 3.59. The molecule has 0 radical (unpaired) electrons. The summed E-state index contributed by atoms with van der Waals surface area (Å²) < 4.78 is 1.90. The first-order chi connectivity index (χ1) is 14.6. The SMILES string of the molecule is CN1CCN(c2ccc(-n3ncc4ccc(/C=C5\SC(=O)NC5=O)cc43)cc2)CC1. The highest BCUT2D eigenvalue weighted by molar-refractivity contribution is 8.18. The molecule has 2 aromatic carbocycles. The fourth-order valence-electron chi connectivity index (χ4n) is 3.77. The Morgan fingerprint density at radius 3 is 2.43 bits per heavy atom. The lowest BCUT2D eigenvalue weighted by molar-refractivity contribution is -0.115. The van der Waals surface area contributed by atoms with Crippen LogP contribution in [0.4, 0.5) is 10.5 Å². The molecule has 0 bridgehead atoms. The molecule has 2 aliphatic heterocycles. The van der Waals surface area contributed by atoms with Crippen LogP contribution in [0.2, 0.25) is 0 Å². The van der Waals surface area contributed by atoms with Crippen molar-refractivity contribution in [1.82, 2.24) is 20.0 Å². The van der Waals surface area contributed by atoms with Gasteiger partial charge in [0.15, 0.2) is 0 Å². The standard InChI is InChI=1S/C22H21N5O2S/c1-25-8-10-26(11-9-25)17-4-6-18(7-5-17)27-19-12-15(2-3-16(19)14-23-27)13-20-21(28)24-22(29)30-20/h2-7,12-14H,8-11H2,1H3,(H,24,28,29)/b20-13-. The zero-order chi connectivity index (χ0) is 20.7. The van der Waals surface area contributed by atoms with Gasteiger partial charge in [-0.3, -0.25) is 14.9 Å². The van der Waals surface area contributed by atoms with Crippen molar-refractivity contribution < 1.29 is 9.59 Å². The molecule has 8 heteroatoms. The maximum atomic E-state index is 11.8. The zero-order valence-electron chi connectivity index (χ0n) is 16.5. The minimum absolute atomic E-state index is 0.335. The molecule has 30 heavy (non-hydrogen) atoms. The number of amides is 2. The average molecular weight is 420 g/mol. The van der Waals surface area contributed by atoms with Crippen molar-refractivity contribution >= 4 is 45.6 Å². The van der Waals surface area contributed by atoms with E-state index < -0.39 is 0 Å². The maximum absolute atomic E-state index is 11.8. The van der Waals surface area contributed by atoms with Gasteiger partial charge in [-0.1, -0.05) is 12.1 Å². The largest absolute Gasteiger partial charge is 0.369 e. The third-order valence-electron chi connectivity index (χ3n) is 5.50. The molecule has 0 atom stereocenters. The molecule has 0 unspecified atom stereocenters. The van der Waals surface area contributed by atoms with Crippen molar-refractivity contribution in [3.63, 3.8) is 0 Å². The second-order valence-corrected chi connectivity index (χ2v) is 8.55. The maximum Gasteiger partial charge on any atom is 0.290 e. The number of aromatic nitrogens is 2. The normalized spacial score (nSPS) is 19.1. The van der Waals surface area contributed by atoms with Crippen molar-refractivity contribution in [1.29, 1.82) is 0 Å². The predicted octanol–water partition coefficient (Wildman–Crippen LogP) is 3.10. The highest BCUT2D eigenvalue weighted by atomic mass is 32.2. The summed E-state index contributed by atoms with van der Waals surface area (Å²) in [5.41, 5.74) is 4.01. The Kier molecular flexibility index (Phi) is 4.80. The van der Waals surface area contributed by atoms with Gasteiger partial charge in [-0.25, -0.2) is 4.68 Å². The highest BCUT2D eigenvalue weighted by Gasteiger charge is 2.25. The molecule has 1 aromatic heterocycles. The van der Waals surface area contributed by atoms with Crippen LogP contribution in [0.3, 0.4) is 0 Å². The molecule has 0 saturated carbocycles. The van der Waals surface area contributed by atoms with E-state index in [2.05, 4.69) is 51.5 Å². The Morgan fingerprint density at radius 1 is 1.00 bits per heavy atom. The van der Waals surface area contributed by atoms with E-state index in [0.717, 1.165) is 60.1 Å². The summed E-state index contributed by atoms with van der Waals surface area (Å²) in [6, 6.07) is 14.3. The van der Waals surface area contributed by atoms with Crippen molar-refractivity contribution in [2.45, 2.75) is 0 Å². The van der Waals surface area contributed by atoms with Gasteiger partial charge in [0, 0.05) is 37.3 Å². The van der Waals surface area contributed by atoms with Crippen molar-refractivity contribution in [2.24, 2.45) is 0 Å². The van der Waals surface area contributed by atoms with Gasteiger partial charge in [0.2, 0.25) is 0 Å². The molecule has 7 nitrogen and oxygen atoms in total. The summed E-state index contributed by atoms with van der Waals surface area (Å²) in [6.45, 7) is 4.22. The predicted molar refractivity (Wildman–Crippen MR) is 120 cm³/mol. The second kappa shape index (κ2) is 7.62. The van der Waals surface area contributed by atoms with E-state index in [1.807, 2.05) is 29.1 Å². The number of carbonyl (C=O) groups excluding carboxylic acids is 2. The molecule has 2 amide bonds. The third-order valence-corrected chi connectivity index (χ3v) is 6.31. The molecule has 2 fully saturated rings. The minimum atomic E-state index is -0.349. The quantitative estimate of drug-likeness (QED) is 0.658. The van der Waals surface area contributed by atoms with E-state index in [1.54, 1.807) is 6.08 Å². The molecule has 0 aliphatic carbocycles. The van der Waals surface area contributed by atoms with Crippen LogP contribution in [0, 0.1) is 0 Å². The number of anilines is 1. The van der Waals surface area contributed by atoms with Crippen LogP contribution in [0.25, 0.3) is 22.7 Å². The Bertz CT molecular complexity index is 1160. The Balaban J connectivity index is 1.44. The van der Waals surface area contributed by atoms with Gasteiger partial charge in [0.1, 0.15) is 0 Å². The number of hydrogen-bond donors (Lipinski definition) is 1. The number of imide groups is 1. The van der Waals surface area contributed by atoms with Crippen LogP contribution in [0.15, 0.2) is 53.6 Å². The van der Waals surface area contributed by atoms with E-state index in [0.29, 0.717) is 4.91 Å². The summed E-state index contributed by atoms with van der Waals surface area (Å²) >= 11 is 0.923. The zero-order valence-corrected chi connectivity index (χ0v) is 17.4. The first-order valence-electron chi connectivity index (χ1n) is 9.83. The number of likely N-dealkylation sites (N-methyl/N-ethyl adjacent to an activating group) is 1. The van der Waals surface area contributed by atoms with Gasteiger partial charge in [0.05, 0.1) is 22.3 Å². The fraction of sp³-hybridized carbons (Fsp3) is 0.227. The number of hydrogen-bond acceptors (Lipinski definition) is 6. The number of fused-ring (bicyclic) bond motifs is 1. The number of nitrogens with one attached hydrogen (secondary N) is 1. The second-order valence-electron chi connectivity index (χ2n) is 7.53. The lowest BCUT2D eigenvalue weighted by Gasteiger charge is -2.34. The van der Waals surface area contributed by atoms with Crippen LogP contribution < -0.4 is 10.2 Å². The minimum Gasteiger partial charge on any atom is -0.369 e. The smallest absolute Gasteiger partial charge is 0.290 e. The average Bonchev–Trinajstić information content (AvgIpc) is 3.31. The molecule has 3 heterocycles. The Morgan fingerprint density at radius 2 is 1.73 bits per heavy atom. The molecule has 2 aliphatic rings. The number of benzene rings is 2. The molecule has 0 spiro atoms. The van der Waals surface area contributed by atoms with Crippen LogP contribution in [-0.2, 0) is 4.79 Å². The van der Waals surface area contributed by atoms with Gasteiger partial charge < -0.3 is 9.80 Å². The van der Waals surface area contributed by atoms with Gasteiger partial charge in [-0.05, 0) is 60.8 Å². The summed E-state index contributed by atoms with van der Waals surface area (Å²) in [5.74, 6) is -0.349. The number of rotatable bonds is 3. The van der Waals surface area contributed by atoms with Crippen molar-refractivity contribution in [3.8, 4) is 5.69 Å². The molecular weight excluding hydrogens is 398 g/mol. The molecule has 1 N–H and O–H groups in total. The fourth-order valence-corrected chi connectivity index (χ4v) is 4.45. The van der Waals surface area contributed by atoms with Crippen molar-refractivity contribution in [2.75, 3.05) is 38.1 Å². The van der Waals surface area contributed by atoms with Gasteiger partial charge in [-0.15, -0.1) is 0 Å². The summed E-state index contributed by atoms with van der Waals surface area (Å²) in [6.07, 6.45) is 3.57. The van der Waals surface area contributed by atoms with Gasteiger partial charge in [0.25, 0.3) is 11.1 Å². The Hall–Kier alpha value is -3.10. The van der Waals surface area contributed by atoms with E-state index in [4.69, 9.17) is 0 Å². The van der Waals surface area contributed by atoms with E-state index in [1.165, 1.54) is 5.69 Å². The lowest BCUT2D eigenvalue weighted by Crippen LogP contribution is -2.44. The molecule has 3 aromatic rings. The first kappa shape index (κ1) is 18.9. The van der Waals surface area contributed by atoms with Crippen LogP contribution in [0.1, 0.15) is 5.56 Å². The van der Waals surface area contributed by atoms with Crippen molar-refractivity contribution in [3.05, 3.63) is 59.1 Å². The number of nitrogens with zero attached hydrogens (tertiary/aromatic N) is 4.